The molecule has 1 aromatic carbocycles. The van der Waals surface area contributed by atoms with Crippen molar-refractivity contribution >= 4 is 35.1 Å². The van der Waals surface area contributed by atoms with Crippen molar-refractivity contribution in [3.8, 4) is 5.75 Å². The van der Waals surface area contributed by atoms with Crippen molar-refractivity contribution in [2.75, 3.05) is 5.75 Å². The van der Waals surface area contributed by atoms with E-state index in [2.05, 4.69) is 17.6 Å². The van der Waals surface area contributed by atoms with Gasteiger partial charge >= 0.3 is 0 Å². The number of thiol groups is 1. The fourth-order valence-electron chi connectivity index (χ4n) is 1.93. The van der Waals surface area contributed by atoms with Gasteiger partial charge in [-0.1, -0.05) is 11.6 Å². The van der Waals surface area contributed by atoms with E-state index in [4.69, 9.17) is 11.6 Å². The summed E-state index contributed by atoms with van der Waals surface area (Å²) in [4.78, 5) is 4.05. The molecule has 0 bridgehead atoms. The molecular weight excluding hydrogens is 286 g/mol. The van der Waals surface area contributed by atoms with Gasteiger partial charge in [0.1, 0.15) is 17.4 Å². The number of hydrogen-bond acceptors (Lipinski definition) is 5. The molecule has 2 atom stereocenters. The molecule has 0 aliphatic heterocycles. The van der Waals surface area contributed by atoms with Gasteiger partial charge in [-0.2, -0.15) is 12.6 Å². The molecule has 19 heavy (non-hydrogen) atoms. The lowest BCUT2D eigenvalue weighted by atomic mass is 9.99. The second-order valence-electron chi connectivity index (χ2n) is 4.22. The van der Waals surface area contributed by atoms with Gasteiger partial charge in [-0.25, -0.2) is 0 Å². The number of nitrogens with zero attached hydrogens (tertiary/aromatic N) is 1. The smallest absolute Gasteiger partial charge is 0.147 e. The van der Waals surface area contributed by atoms with E-state index >= 15 is 0 Å². The van der Waals surface area contributed by atoms with Crippen molar-refractivity contribution < 1.29 is 15.3 Å². The van der Waals surface area contributed by atoms with Crippen molar-refractivity contribution in [1.82, 2.24) is 4.98 Å². The predicted octanol–water partition coefficient (Wildman–Crippen LogP) is 2.31. The molecule has 2 unspecified atom stereocenters. The number of phenolic OH excluding ortho intramolecular Hbond substituents is 1. The van der Waals surface area contributed by atoms with Gasteiger partial charge < -0.3 is 15.3 Å². The topological polar surface area (TPSA) is 73.6 Å². The Kier molecular flexibility index (Phi) is 4.52. The van der Waals surface area contributed by atoms with Crippen LogP contribution in [0, 0.1) is 0 Å². The summed E-state index contributed by atoms with van der Waals surface area (Å²) >= 11 is 10.1. The van der Waals surface area contributed by atoms with Gasteiger partial charge in [0, 0.05) is 17.1 Å². The molecule has 0 saturated carbocycles. The molecule has 2 aromatic rings. The van der Waals surface area contributed by atoms with E-state index in [1.165, 1.54) is 12.3 Å². The summed E-state index contributed by atoms with van der Waals surface area (Å²) in [5.41, 5.74) is 0.479. The van der Waals surface area contributed by atoms with Crippen LogP contribution >= 0.6 is 24.2 Å². The monoisotopic (exact) mass is 299 g/mol. The number of aliphatic hydroxyl groups is 2. The predicted molar refractivity (Wildman–Crippen MR) is 77.9 cm³/mol. The van der Waals surface area contributed by atoms with Crippen LogP contribution in [0.1, 0.15) is 18.1 Å². The first-order chi connectivity index (χ1) is 9.06. The Morgan fingerprint density at radius 2 is 2.11 bits per heavy atom. The van der Waals surface area contributed by atoms with Gasteiger partial charge in [0.2, 0.25) is 0 Å². The molecule has 0 saturated heterocycles. The van der Waals surface area contributed by atoms with E-state index in [-0.39, 0.29) is 11.3 Å². The zero-order valence-electron chi connectivity index (χ0n) is 9.99. The number of pyridine rings is 1. The van der Waals surface area contributed by atoms with Crippen LogP contribution in [-0.4, -0.2) is 32.2 Å². The number of halogens is 1. The summed E-state index contributed by atoms with van der Waals surface area (Å²) in [7, 11) is 0. The lowest BCUT2D eigenvalue weighted by molar-refractivity contribution is 0.0160. The molecule has 1 heterocycles. The third-order valence-corrected chi connectivity index (χ3v) is 3.52. The highest BCUT2D eigenvalue weighted by Crippen LogP contribution is 2.37. The zero-order chi connectivity index (χ0) is 14.0. The molecule has 0 spiro atoms. The van der Waals surface area contributed by atoms with Crippen LogP contribution in [0.5, 0.6) is 5.75 Å². The van der Waals surface area contributed by atoms with Crippen LogP contribution < -0.4 is 0 Å². The normalized spacial score (nSPS) is 14.5. The number of hydrogen-bond donors (Lipinski definition) is 4. The summed E-state index contributed by atoms with van der Waals surface area (Å²) in [6.07, 6.45) is -0.406. The number of benzene rings is 1. The van der Waals surface area contributed by atoms with Crippen molar-refractivity contribution in [2.24, 2.45) is 0 Å². The van der Waals surface area contributed by atoms with Gasteiger partial charge in [0.05, 0.1) is 11.1 Å². The fraction of sp³-hybridized carbons (Fsp3) is 0.308. The quantitative estimate of drug-likeness (QED) is 0.654. The highest BCUT2D eigenvalue weighted by Gasteiger charge is 2.23. The Labute approximate surface area is 121 Å². The number of rotatable bonds is 4. The van der Waals surface area contributed by atoms with Crippen LogP contribution in [-0.2, 0) is 0 Å². The fourth-order valence-corrected chi connectivity index (χ4v) is 2.46. The van der Waals surface area contributed by atoms with E-state index in [1.807, 2.05) is 0 Å². The Bertz CT molecular complexity index is 593. The molecule has 0 amide bonds. The Hall–Kier alpha value is -1.01. The third-order valence-electron chi connectivity index (χ3n) is 2.95. The molecule has 4 nitrogen and oxygen atoms in total. The van der Waals surface area contributed by atoms with Crippen LogP contribution in [0.4, 0.5) is 0 Å². The Balaban J connectivity index is 2.52. The van der Waals surface area contributed by atoms with Gasteiger partial charge in [0.25, 0.3) is 0 Å². The minimum Gasteiger partial charge on any atom is -0.505 e. The lowest BCUT2D eigenvalue weighted by Crippen LogP contribution is -2.19. The van der Waals surface area contributed by atoms with E-state index in [1.54, 1.807) is 12.1 Å². The molecule has 0 radical (unpaired) electrons. The Morgan fingerprint density at radius 1 is 1.37 bits per heavy atom. The van der Waals surface area contributed by atoms with Crippen LogP contribution in [0.25, 0.3) is 10.9 Å². The molecule has 2 rings (SSSR count). The SMILES string of the molecule is Oc1c(C(O)C(O)CCS)cc(Cl)c2cccnc12. The molecule has 0 aliphatic carbocycles. The number of aromatic nitrogens is 1. The first kappa shape index (κ1) is 14.4. The minimum absolute atomic E-state index is 0.161. The van der Waals surface area contributed by atoms with E-state index in [0.29, 0.717) is 28.1 Å². The maximum Gasteiger partial charge on any atom is 0.147 e. The van der Waals surface area contributed by atoms with Crippen molar-refractivity contribution in [1.29, 1.82) is 0 Å². The highest BCUT2D eigenvalue weighted by molar-refractivity contribution is 7.80. The molecule has 6 heteroatoms. The maximum atomic E-state index is 10.2. The van der Waals surface area contributed by atoms with Gasteiger partial charge in [-0.15, -0.1) is 0 Å². The molecule has 0 fully saturated rings. The van der Waals surface area contributed by atoms with Crippen LogP contribution in [0.15, 0.2) is 24.4 Å². The molecular formula is C13H14ClNO3S. The van der Waals surface area contributed by atoms with Gasteiger partial charge in [-0.05, 0) is 30.4 Å². The van der Waals surface area contributed by atoms with Crippen molar-refractivity contribution in [2.45, 2.75) is 18.6 Å². The average molecular weight is 300 g/mol. The second-order valence-corrected chi connectivity index (χ2v) is 5.07. The van der Waals surface area contributed by atoms with Gasteiger partial charge in [0.15, 0.2) is 0 Å². The first-order valence-corrected chi connectivity index (χ1v) is 6.80. The van der Waals surface area contributed by atoms with Gasteiger partial charge in [-0.3, -0.25) is 4.98 Å². The largest absolute Gasteiger partial charge is 0.505 e. The molecule has 3 N–H and O–H groups in total. The minimum atomic E-state index is -1.23. The van der Waals surface area contributed by atoms with E-state index in [0.717, 1.165) is 0 Å². The number of fused-ring (bicyclic) bond motifs is 1. The van der Waals surface area contributed by atoms with E-state index in [9.17, 15) is 15.3 Å². The summed E-state index contributed by atoms with van der Waals surface area (Å²) in [6.45, 7) is 0. The number of aromatic hydroxyl groups is 1. The molecule has 0 aliphatic rings. The summed E-state index contributed by atoms with van der Waals surface area (Å²) < 4.78 is 0. The van der Waals surface area contributed by atoms with Crippen LogP contribution in [0.2, 0.25) is 5.02 Å². The first-order valence-electron chi connectivity index (χ1n) is 5.79. The lowest BCUT2D eigenvalue weighted by Gasteiger charge is -2.19. The standard InChI is InChI=1S/C13H14ClNO3S/c14-9-6-8(12(17)10(16)3-5-19)13(18)11-7(9)2-1-4-15-11/h1-2,4,6,10,12,16-19H,3,5H2. The Morgan fingerprint density at radius 3 is 2.79 bits per heavy atom. The number of phenols is 1. The number of aliphatic hydroxyl groups excluding tert-OH is 2. The second kappa shape index (κ2) is 5.96. The van der Waals surface area contributed by atoms with Crippen LogP contribution in [0.3, 0.4) is 0 Å². The molecule has 102 valence electrons. The highest BCUT2D eigenvalue weighted by atomic mass is 35.5. The average Bonchev–Trinajstić information content (AvgIpc) is 2.42. The molecule has 1 aromatic heterocycles. The van der Waals surface area contributed by atoms with Crippen molar-refractivity contribution in [3.05, 3.63) is 35.0 Å². The summed E-state index contributed by atoms with van der Waals surface area (Å²) in [6, 6.07) is 4.89. The summed E-state index contributed by atoms with van der Waals surface area (Å²) in [5.74, 6) is 0.268. The summed E-state index contributed by atoms with van der Waals surface area (Å²) in [5, 5.41) is 31.0. The van der Waals surface area contributed by atoms with E-state index < -0.39 is 12.2 Å². The maximum absolute atomic E-state index is 10.2. The zero-order valence-corrected chi connectivity index (χ0v) is 11.6. The third kappa shape index (κ3) is 2.79. The van der Waals surface area contributed by atoms with Crippen molar-refractivity contribution in [3.63, 3.8) is 0 Å².